The molecule has 2 aromatic heterocycles. The second kappa shape index (κ2) is 9.60. The lowest BCUT2D eigenvalue weighted by Crippen LogP contribution is -2.34. The van der Waals surface area contributed by atoms with E-state index in [4.69, 9.17) is 14.0 Å². The van der Waals surface area contributed by atoms with E-state index in [0.29, 0.717) is 33.7 Å². The number of hydrogen-bond acceptors (Lipinski definition) is 6. The van der Waals surface area contributed by atoms with Gasteiger partial charge in [-0.05, 0) is 54.2 Å². The van der Waals surface area contributed by atoms with Gasteiger partial charge in [-0.1, -0.05) is 25.1 Å². The molecule has 176 valence electrons. The van der Waals surface area contributed by atoms with Gasteiger partial charge in [0.15, 0.2) is 22.6 Å². The van der Waals surface area contributed by atoms with Gasteiger partial charge < -0.3 is 13.9 Å². The van der Waals surface area contributed by atoms with Gasteiger partial charge in [-0.2, -0.15) is 0 Å². The monoisotopic (exact) mass is 480 g/mol. The number of aryl methyl sites for hydroxylation is 1. The molecule has 1 saturated heterocycles. The molecule has 9 heteroatoms. The number of fused-ring (bicyclic) bond motifs is 1. The summed E-state index contributed by atoms with van der Waals surface area (Å²) in [6.07, 6.45) is 6.47. The molecule has 1 atom stereocenters. The van der Waals surface area contributed by atoms with Crippen molar-refractivity contribution in [1.82, 2.24) is 15.0 Å². The number of aromatic nitrogens is 3. The molecule has 0 radical (unpaired) electrons. The average molecular weight is 481 g/mol. The number of piperidine rings is 1. The third-order valence-corrected chi connectivity index (χ3v) is 6.85. The Morgan fingerprint density at radius 2 is 1.88 bits per heavy atom. The second-order valence-corrected chi connectivity index (χ2v) is 9.45. The van der Waals surface area contributed by atoms with Gasteiger partial charge >= 0.3 is 0 Å². The Bertz CT molecular complexity index is 1330. The summed E-state index contributed by atoms with van der Waals surface area (Å²) in [5.41, 5.74) is 4.07. The van der Waals surface area contributed by atoms with E-state index in [1.165, 1.54) is 6.07 Å². The predicted octanol–water partition coefficient (Wildman–Crippen LogP) is 5.09. The van der Waals surface area contributed by atoms with Crippen LogP contribution in [-0.2, 0) is 23.3 Å². The Balaban J connectivity index is 1.31. The molecule has 0 saturated carbocycles. The van der Waals surface area contributed by atoms with Gasteiger partial charge in [0.1, 0.15) is 11.3 Å². The maximum Gasteiger partial charge on any atom is 0.225 e. The Morgan fingerprint density at radius 3 is 2.56 bits per heavy atom. The molecule has 34 heavy (non-hydrogen) atoms. The maximum absolute atomic E-state index is 14.7. The molecule has 1 N–H and O–H groups in total. The quantitative estimate of drug-likeness (QED) is 0.384. The Labute approximate surface area is 199 Å². The number of benzene rings is 2. The number of hydrogen-bond donors (Lipinski definition) is 1. The smallest absolute Gasteiger partial charge is 0.225 e. The SMILES string of the molecule is CCc1cnc(N2CCC(c3nc4cc(-c5ccc(CS(=O)O)cc5F)ccc4o3)CC2)nc1. The van der Waals surface area contributed by atoms with E-state index in [1.807, 2.05) is 24.5 Å². The molecule has 1 unspecified atom stereocenters. The van der Waals surface area contributed by atoms with Gasteiger partial charge in [0, 0.05) is 37.0 Å². The van der Waals surface area contributed by atoms with Gasteiger partial charge in [-0.15, -0.1) is 0 Å². The molecule has 0 aliphatic carbocycles. The number of oxazole rings is 1. The van der Waals surface area contributed by atoms with E-state index in [0.717, 1.165) is 43.9 Å². The first-order valence-electron chi connectivity index (χ1n) is 11.3. The Kier molecular flexibility index (Phi) is 6.38. The fourth-order valence-corrected chi connectivity index (χ4v) is 4.80. The minimum absolute atomic E-state index is 0.0993. The number of rotatable bonds is 6. The van der Waals surface area contributed by atoms with Crippen molar-refractivity contribution in [2.24, 2.45) is 0 Å². The Hall–Kier alpha value is -3.17. The minimum atomic E-state index is -2.01. The maximum atomic E-state index is 14.7. The fraction of sp³-hybridized carbons (Fsp3) is 0.320. The molecule has 1 fully saturated rings. The summed E-state index contributed by atoms with van der Waals surface area (Å²) in [6, 6.07) is 10.0. The van der Waals surface area contributed by atoms with Crippen LogP contribution in [0.5, 0.6) is 0 Å². The summed E-state index contributed by atoms with van der Waals surface area (Å²) in [5.74, 6) is 1.13. The van der Waals surface area contributed by atoms with Crippen molar-refractivity contribution < 1.29 is 17.6 Å². The van der Waals surface area contributed by atoms with Crippen molar-refractivity contribution in [2.75, 3.05) is 18.0 Å². The normalized spacial score (nSPS) is 15.7. The molecule has 2 aromatic carbocycles. The van der Waals surface area contributed by atoms with Crippen molar-refractivity contribution in [3.63, 3.8) is 0 Å². The van der Waals surface area contributed by atoms with E-state index in [9.17, 15) is 8.60 Å². The highest BCUT2D eigenvalue weighted by Crippen LogP contribution is 2.33. The molecule has 4 aromatic rings. The zero-order valence-corrected chi connectivity index (χ0v) is 19.6. The molecule has 0 spiro atoms. The lowest BCUT2D eigenvalue weighted by Gasteiger charge is -2.30. The summed E-state index contributed by atoms with van der Waals surface area (Å²) in [4.78, 5) is 15.9. The van der Waals surface area contributed by atoms with Crippen molar-refractivity contribution >= 4 is 28.1 Å². The standard InChI is InChI=1S/C25H25FN4O3S/c1-2-16-13-27-25(28-14-16)30-9-7-18(8-10-30)24-29-22-12-19(4-6-23(22)33-24)20-5-3-17(11-21(20)26)15-34(31)32/h3-6,11-14,18H,2,7-10,15H2,1H3,(H,31,32). The summed E-state index contributed by atoms with van der Waals surface area (Å²) < 4.78 is 40.7. The zero-order valence-electron chi connectivity index (χ0n) is 18.8. The number of halogens is 1. The van der Waals surface area contributed by atoms with Crippen molar-refractivity contribution in [1.29, 1.82) is 0 Å². The van der Waals surface area contributed by atoms with Gasteiger partial charge in [0.2, 0.25) is 5.95 Å². The van der Waals surface area contributed by atoms with E-state index >= 15 is 0 Å². The van der Waals surface area contributed by atoms with Crippen LogP contribution in [0.1, 0.15) is 42.7 Å². The van der Waals surface area contributed by atoms with Crippen LogP contribution in [-0.4, -0.2) is 36.8 Å². The predicted molar refractivity (Wildman–Crippen MR) is 129 cm³/mol. The minimum Gasteiger partial charge on any atom is -0.440 e. The van der Waals surface area contributed by atoms with E-state index < -0.39 is 16.9 Å². The van der Waals surface area contributed by atoms with Crippen molar-refractivity contribution in [3.05, 3.63) is 71.6 Å². The Morgan fingerprint density at radius 1 is 1.12 bits per heavy atom. The third kappa shape index (κ3) is 4.71. The van der Waals surface area contributed by atoms with Gasteiger partial charge in [-0.3, -0.25) is 0 Å². The summed E-state index contributed by atoms with van der Waals surface area (Å²) >= 11 is -2.01. The molecule has 0 amide bonds. The van der Waals surface area contributed by atoms with Crippen molar-refractivity contribution in [2.45, 2.75) is 37.9 Å². The number of anilines is 1. The van der Waals surface area contributed by atoms with Crippen LogP contribution in [0.4, 0.5) is 10.3 Å². The van der Waals surface area contributed by atoms with Crippen LogP contribution in [0.15, 0.2) is 53.2 Å². The van der Waals surface area contributed by atoms with Crippen LogP contribution in [0.3, 0.4) is 0 Å². The summed E-state index contributed by atoms with van der Waals surface area (Å²) in [6.45, 7) is 3.75. The highest BCUT2D eigenvalue weighted by molar-refractivity contribution is 7.78. The molecule has 7 nitrogen and oxygen atoms in total. The van der Waals surface area contributed by atoms with Crippen molar-refractivity contribution in [3.8, 4) is 11.1 Å². The van der Waals surface area contributed by atoms with Gasteiger partial charge in [-0.25, -0.2) is 23.6 Å². The van der Waals surface area contributed by atoms with Crippen LogP contribution < -0.4 is 4.90 Å². The summed E-state index contributed by atoms with van der Waals surface area (Å²) in [7, 11) is 0. The lowest BCUT2D eigenvalue weighted by molar-refractivity contribution is 0.405. The second-order valence-electron chi connectivity index (χ2n) is 8.52. The fourth-order valence-electron chi connectivity index (χ4n) is 4.33. The molecule has 3 heterocycles. The molecule has 1 aliphatic rings. The number of nitrogens with zero attached hydrogens (tertiary/aromatic N) is 4. The van der Waals surface area contributed by atoms with Crippen LogP contribution in [0.25, 0.3) is 22.2 Å². The molecular weight excluding hydrogens is 455 g/mol. The van der Waals surface area contributed by atoms with Crippen LogP contribution in [0.2, 0.25) is 0 Å². The first-order chi connectivity index (χ1) is 16.5. The van der Waals surface area contributed by atoms with Gasteiger partial charge in [0.25, 0.3) is 0 Å². The molecule has 1 aliphatic heterocycles. The third-order valence-electron chi connectivity index (χ3n) is 6.27. The highest BCUT2D eigenvalue weighted by atomic mass is 32.2. The van der Waals surface area contributed by atoms with E-state index in [-0.39, 0.29) is 11.7 Å². The van der Waals surface area contributed by atoms with E-state index in [1.54, 1.807) is 18.2 Å². The molecule has 5 rings (SSSR count). The zero-order chi connectivity index (χ0) is 23.7. The molecular formula is C25H25FN4O3S. The largest absolute Gasteiger partial charge is 0.440 e. The average Bonchev–Trinajstić information content (AvgIpc) is 3.27. The first kappa shape index (κ1) is 22.6. The highest BCUT2D eigenvalue weighted by Gasteiger charge is 2.26. The first-order valence-corrected chi connectivity index (χ1v) is 12.6. The van der Waals surface area contributed by atoms with E-state index in [2.05, 4.69) is 21.8 Å². The lowest BCUT2D eigenvalue weighted by atomic mass is 9.97. The summed E-state index contributed by atoms with van der Waals surface area (Å²) in [5, 5.41) is 0. The van der Waals surface area contributed by atoms with Crippen LogP contribution in [0, 0.1) is 5.82 Å². The molecule has 0 bridgehead atoms. The van der Waals surface area contributed by atoms with Gasteiger partial charge in [0.05, 0.1) is 5.75 Å². The topological polar surface area (TPSA) is 92.4 Å². The van der Waals surface area contributed by atoms with Crippen LogP contribution >= 0.6 is 0 Å².